The largest absolute Gasteiger partial charge is 0.383 e. The van der Waals surface area contributed by atoms with Gasteiger partial charge in [0.05, 0.1) is 12.3 Å². The molecule has 3 N–H and O–H groups in total. The molecule has 106 valence electrons. The van der Waals surface area contributed by atoms with Crippen LogP contribution < -0.4 is 11.1 Å². The quantitative estimate of drug-likeness (QED) is 0.820. The van der Waals surface area contributed by atoms with Crippen molar-refractivity contribution in [1.29, 1.82) is 0 Å². The number of amides is 1. The molecule has 0 radical (unpaired) electrons. The van der Waals surface area contributed by atoms with Gasteiger partial charge in [-0.15, -0.1) is 11.3 Å². The number of thiazole rings is 1. The number of anilines is 1. The fraction of sp³-hybridized carbons (Fsp3) is 0.667. The molecular formula is C12H20N4O2S. The lowest BCUT2D eigenvalue weighted by atomic mass is 10.2. The number of hydrogen-bond acceptors (Lipinski definition) is 6. The summed E-state index contributed by atoms with van der Waals surface area (Å²) in [4.78, 5) is 19.8. The first-order valence-corrected chi connectivity index (χ1v) is 7.22. The number of fused-ring (bicyclic) bond motifs is 1. The van der Waals surface area contributed by atoms with Crippen molar-refractivity contribution in [3.05, 3.63) is 10.6 Å². The van der Waals surface area contributed by atoms with Crippen LogP contribution in [0, 0.1) is 0 Å². The van der Waals surface area contributed by atoms with Crippen molar-refractivity contribution in [2.24, 2.45) is 5.73 Å². The predicted molar refractivity (Wildman–Crippen MR) is 75.3 cm³/mol. The summed E-state index contributed by atoms with van der Waals surface area (Å²) in [6, 6.07) is -0.655. The zero-order valence-electron chi connectivity index (χ0n) is 11.3. The van der Waals surface area contributed by atoms with Crippen LogP contribution >= 0.6 is 11.3 Å². The third-order valence-corrected chi connectivity index (χ3v) is 4.17. The predicted octanol–water partition coefficient (Wildman–Crippen LogP) is 0.433. The lowest BCUT2D eigenvalue weighted by Gasteiger charge is -2.23. The lowest BCUT2D eigenvalue weighted by molar-refractivity contribution is -0.118. The first kappa shape index (κ1) is 14.4. The van der Waals surface area contributed by atoms with Gasteiger partial charge in [0, 0.05) is 31.5 Å². The molecule has 1 aliphatic rings. The summed E-state index contributed by atoms with van der Waals surface area (Å²) >= 11 is 1.54. The number of methoxy groups -OCH3 is 1. The summed E-state index contributed by atoms with van der Waals surface area (Å²) in [7, 11) is 1.52. The Kier molecular flexibility index (Phi) is 4.87. The van der Waals surface area contributed by atoms with Crippen molar-refractivity contribution in [3.63, 3.8) is 0 Å². The summed E-state index contributed by atoms with van der Waals surface area (Å²) in [6.45, 7) is 5.35. The normalized spacial score (nSPS) is 17.0. The van der Waals surface area contributed by atoms with Gasteiger partial charge in [-0.25, -0.2) is 4.98 Å². The summed E-state index contributed by atoms with van der Waals surface area (Å²) in [6.07, 6.45) is 0.944. The van der Waals surface area contributed by atoms with E-state index in [9.17, 15) is 4.79 Å². The molecule has 1 amide bonds. The standard InChI is InChI=1S/C12H20N4O2S/c1-3-16-5-4-9-10(6-16)19-12(14-9)15-11(17)8(13)7-18-2/h8H,3-7,13H2,1-2H3,(H,14,15,17). The third kappa shape index (κ3) is 3.50. The minimum Gasteiger partial charge on any atom is -0.383 e. The van der Waals surface area contributed by atoms with E-state index in [1.54, 1.807) is 0 Å². The maximum atomic E-state index is 11.8. The number of carbonyl (C=O) groups excluding carboxylic acids is 1. The van der Waals surface area contributed by atoms with E-state index in [-0.39, 0.29) is 12.5 Å². The molecule has 1 atom stereocenters. The molecule has 0 saturated carbocycles. The second-order valence-electron chi connectivity index (χ2n) is 4.56. The molecule has 0 aromatic carbocycles. The summed E-state index contributed by atoms with van der Waals surface area (Å²) in [5.41, 5.74) is 6.78. The number of rotatable bonds is 5. The Morgan fingerprint density at radius 1 is 1.68 bits per heavy atom. The highest BCUT2D eigenvalue weighted by molar-refractivity contribution is 7.15. The Balaban J connectivity index is 1.99. The summed E-state index contributed by atoms with van der Waals surface area (Å²) in [5, 5.41) is 3.40. The number of nitrogens with zero attached hydrogens (tertiary/aromatic N) is 2. The Morgan fingerprint density at radius 3 is 3.16 bits per heavy atom. The minimum atomic E-state index is -0.655. The van der Waals surface area contributed by atoms with Gasteiger partial charge in [-0.1, -0.05) is 6.92 Å². The number of ether oxygens (including phenoxy) is 1. The Morgan fingerprint density at radius 2 is 2.47 bits per heavy atom. The van der Waals surface area contributed by atoms with Gasteiger partial charge in [-0.2, -0.15) is 0 Å². The SMILES string of the molecule is CCN1CCc2nc(NC(=O)C(N)COC)sc2C1. The smallest absolute Gasteiger partial charge is 0.245 e. The maximum absolute atomic E-state index is 11.8. The van der Waals surface area contributed by atoms with Crippen LogP contribution in [-0.4, -0.2) is 48.6 Å². The molecule has 1 unspecified atom stereocenters. The van der Waals surface area contributed by atoms with Gasteiger partial charge in [-0.05, 0) is 6.54 Å². The van der Waals surface area contributed by atoms with E-state index in [1.807, 2.05) is 0 Å². The van der Waals surface area contributed by atoms with E-state index >= 15 is 0 Å². The molecule has 1 aliphatic heterocycles. The van der Waals surface area contributed by atoms with Crippen LogP contribution in [0.15, 0.2) is 0 Å². The molecule has 2 rings (SSSR count). The van der Waals surface area contributed by atoms with E-state index in [1.165, 1.54) is 23.3 Å². The zero-order chi connectivity index (χ0) is 13.8. The molecule has 1 aromatic heterocycles. The Bertz CT molecular complexity index is 449. The molecule has 0 bridgehead atoms. The fourth-order valence-corrected chi connectivity index (χ4v) is 3.08. The van der Waals surface area contributed by atoms with Gasteiger partial charge in [0.15, 0.2) is 5.13 Å². The van der Waals surface area contributed by atoms with Crippen molar-refractivity contribution in [2.45, 2.75) is 25.9 Å². The van der Waals surface area contributed by atoms with E-state index < -0.39 is 6.04 Å². The van der Waals surface area contributed by atoms with Crippen molar-refractivity contribution in [1.82, 2.24) is 9.88 Å². The van der Waals surface area contributed by atoms with E-state index in [2.05, 4.69) is 22.1 Å². The fourth-order valence-electron chi connectivity index (χ4n) is 2.03. The van der Waals surface area contributed by atoms with Gasteiger partial charge in [0.2, 0.25) is 5.91 Å². The Labute approximate surface area is 116 Å². The molecule has 19 heavy (non-hydrogen) atoms. The highest BCUT2D eigenvalue weighted by atomic mass is 32.1. The zero-order valence-corrected chi connectivity index (χ0v) is 12.1. The second-order valence-corrected chi connectivity index (χ2v) is 5.64. The maximum Gasteiger partial charge on any atom is 0.245 e. The average Bonchev–Trinajstić information content (AvgIpc) is 2.79. The number of aromatic nitrogens is 1. The van der Waals surface area contributed by atoms with Crippen molar-refractivity contribution < 1.29 is 9.53 Å². The topological polar surface area (TPSA) is 80.5 Å². The van der Waals surface area contributed by atoms with Crippen LogP contribution in [-0.2, 0) is 22.5 Å². The van der Waals surface area contributed by atoms with Gasteiger partial charge in [0.1, 0.15) is 6.04 Å². The molecule has 0 saturated heterocycles. The number of likely N-dealkylation sites (N-methyl/N-ethyl adjacent to an activating group) is 1. The molecule has 1 aromatic rings. The second kappa shape index (κ2) is 6.42. The average molecular weight is 284 g/mol. The van der Waals surface area contributed by atoms with Gasteiger partial charge >= 0.3 is 0 Å². The monoisotopic (exact) mass is 284 g/mol. The third-order valence-electron chi connectivity index (χ3n) is 3.17. The van der Waals surface area contributed by atoms with Crippen LogP contribution in [0.4, 0.5) is 5.13 Å². The summed E-state index contributed by atoms with van der Waals surface area (Å²) < 4.78 is 4.86. The molecule has 7 heteroatoms. The van der Waals surface area contributed by atoms with Crippen LogP contribution in [0.1, 0.15) is 17.5 Å². The van der Waals surface area contributed by atoms with Crippen molar-refractivity contribution >= 4 is 22.4 Å². The van der Waals surface area contributed by atoms with Crippen molar-refractivity contribution in [3.8, 4) is 0 Å². The molecule has 6 nitrogen and oxygen atoms in total. The first-order chi connectivity index (χ1) is 9.13. The highest BCUT2D eigenvalue weighted by Crippen LogP contribution is 2.28. The highest BCUT2D eigenvalue weighted by Gasteiger charge is 2.21. The molecular weight excluding hydrogens is 264 g/mol. The molecule has 0 fully saturated rings. The minimum absolute atomic E-state index is 0.209. The number of hydrogen-bond donors (Lipinski definition) is 2. The van der Waals surface area contributed by atoms with Crippen LogP contribution in [0.25, 0.3) is 0 Å². The Hall–Kier alpha value is -1.02. The van der Waals surface area contributed by atoms with Gasteiger partial charge in [-0.3, -0.25) is 9.69 Å². The van der Waals surface area contributed by atoms with Crippen LogP contribution in [0.5, 0.6) is 0 Å². The number of carbonyl (C=O) groups is 1. The number of nitrogens with one attached hydrogen (secondary N) is 1. The van der Waals surface area contributed by atoms with Crippen molar-refractivity contribution in [2.75, 3.05) is 32.1 Å². The van der Waals surface area contributed by atoms with Crippen LogP contribution in [0.2, 0.25) is 0 Å². The van der Waals surface area contributed by atoms with E-state index in [0.29, 0.717) is 5.13 Å². The molecule has 0 spiro atoms. The molecule has 0 aliphatic carbocycles. The molecule has 2 heterocycles. The van der Waals surface area contributed by atoms with E-state index in [4.69, 9.17) is 10.5 Å². The van der Waals surface area contributed by atoms with Crippen LogP contribution in [0.3, 0.4) is 0 Å². The van der Waals surface area contributed by atoms with Gasteiger partial charge in [0.25, 0.3) is 0 Å². The van der Waals surface area contributed by atoms with Gasteiger partial charge < -0.3 is 15.8 Å². The summed E-state index contributed by atoms with van der Waals surface area (Å²) in [5.74, 6) is -0.250. The number of nitrogens with two attached hydrogens (primary N) is 1. The first-order valence-electron chi connectivity index (χ1n) is 6.40. The van der Waals surface area contributed by atoms with E-state index in [0.717, 1.165) is 31.7 Å². The lowest BCUT2D eigenvalue weighted by Crippen LogP contribution is -2.39.